The van der Waals surface area contributed by atoms with Crippen molar-refractivity contribution in [2.24, 2.45) is 0 Å². The fourth-order valence-electron chi connectivity index (χ4n) is 2.63. The fourth-order valence-corrected chi connectivity index (χ4v) is 3.69. The van der Waals surface area contributed by atoms with E-state index in [4.69, 9.17) is 4.74 Å². The van der Waals surface area contributed by atoms with Gasteiger partial charge < -0.3 is 4.74 Å². The third kappa shape index (κ3) is 4.73. The van der Waals surface area contributed by atoms with E-state index in [1.165, 1.54) is 18.2 Å². The Morgan fingerprint density at radius 3 is 2.39 bits per heavy atom. The maximum atomic E-state index is 12.3. The number of sulfonamides is 1. The first kappa shape index (κ1) is 19.5. The molecule has 0 saturated heterocycles. The zero-order chi connectivity index (χ0) is 20.0. The van der Waals surface area contributed by atoms with Crippen molar-refractivity contribution in [3.63, 3.8) is 0 Å². The number of non-ortho nitro benzene ring substituents is 1. The molecule has 8 heteroatoms. The summed E-state index contributed by atoms with van der Waals surface area (Å²) >= 11 is 0. The third-order valence-corrected chi connectivity index (χ3v) is 5.42. The lowest BCUT2D eigenvalue weighted by Crippen LogP contribution is -2.28. The molecule has 3 aromatic rings. The number of benzene rings is 3. The van der Waals surface area contributed by atoms with Gasteiger partial charge >= 0.3 is 0 Å². The highest BCUT2D eigenvalue weighted by atomic mass is 32.2. The Balaban J connectivity index is 1.64. The zero-order valence-electron chi connectivity index (χ0n) is 14.8. The molecule has 0 aliphatic carbocycles. The van der Waals surface area contributed by atoms with E-state index in [1.54, 1.807) is 0 Å². The fraction of sp³-hybridized carbons (Fsp3) is 0.100. The molecule has 0 heterocycles. The molecule has 7 nitrogen and oxygen atoms in total. The lowest BCUT2D eigenvalue weighted by molar-refractivity contribution is -0.385. The summed E-state index contributed by atoms with van der Waals surface area (Å²) in [5.74, 6) is 0.642. The van der Waals surface area contributed by atoms with Crippen molar-refractivity contribution in [3.05, 3.63) is 89.0 Å². The highest BCUT2D eigenvalue weighted by Gasteiger charge is 2.17. The first-order valence-corrected chi connectivity index (χ1v) is 9.97. The SMILES string of the molecule is O=[N+]([O-])c1cccc(S(=O)(=O)NCCOc2ccccc2-c2ccccc2)c1. The summed E-state index contributed by atoms with van der Waals surface area (Å²) in [5, 5.41) is 10.8. The van der Waals surface area contributed by atoms with E-state index in [1.807, 2.05) is 54.6 Å². The average Bonchev–Trinajstić information content (AvgIpc) is 2.72. The Hall–Kier alpha value is -3.23. The second-order valence-corrected chi connectivity index (χ2v) is 7.63. The first-order valence-electron chi connectivity index (χ1n) is 8.49. The number of hydrogen-bond donors (Lipinski definition) is 1. The molecule has 0 unspecified atom stereocenters. The van der Waals surface area contributed by atoms with E-state index in [9.17, 15) is 18.5 Å². The van der Waals surface area contributed by atoms with Gasteiger partial charge in [0, 0.05) is 24.2 Å². The maximum Gasteiger partial charge on any atom is 0.270 e. The molecule has 0 spiro atoms. The van der Waals surface area contributed by atoms with Crippen LogP contribution in [-0.2, 0) is 10.0 Å². The molecular weight excluding hydrogens is 380 g/mol. The van der Waals surface area contributed by atoms with E-state index in [-0.39, 0.29) is 23.7 Å². The van der Waals surface area contributed by atoms with Crippen molar-refractivity contribution in [1.82, 2.24) is 4.72 Å². The summed E-state index contributed by atoms with van der Waals surface area (Å²) in [5.41, 5.74) is 1.62. The molecule has 0 radical (unpaired) electrons. The van der Waals surface area contributed by atoms with Crippen LogP contribution in [0.5, 0.6) is 5.75 Å². The molecule has 0 aliphatic heterocycles. The van der Waals surface area contributed by atoms with Gasteiger partial charge in [-0.25, -0.2) is 13.1 Å². The van der Waals surface area contributed by atoms with Crippen LogP contribution in [-0.4, -0.2) is 26.5 Å². The van der Waals surface area contributed by atoms with Crippen molar-refractivity contribution in [3.8, 4) is 16.9 Å². The van der Waals surface area contributed by atoms with E-state index < -0.39 is 14.9 Å². The number of nitro groups is 1. The third-order valence-electron chi connectivity index (χ3n) is 3.96. The predicted octanol–water partition coefficient (Wildman–Crippen LogP) is 3.62. The van der Waals surface area contributed by atoms with Crippen LogP contribution < -0.4 is 9.46 Å². The van der Waals surface area contributed by atoms with Gasteiger partial charge in [0.15, 0.2) is 0 Å². The molecular formula is C20H18N2O5S. The van der Waals surface area contributed by atoms with Crippen molar-refractivity contribution < 1.29 is 18.1 Å². The molecule has 3 aromatic carbocycles. The summed E-state index contributed by atoms with van der Waals surface area (Å²) in [6, 6.07) is 22.1. The van der Waals surface area contributed by atoms with Crippen molar-refractivity contribution in [2.45, 2.75) is 4.90 Å². The van der Waals surface area contributed by atoms with Gasteiger partial charge in [-0.3, -0.25) is 10.1 Å². The van der Waals surface area contributed by atoms with Gasteiger partial charge in [0.1, 0.15) is 12.4 Å². The zero-order valence-corrected chi connectivity index (χ0v) is 15.6. The van der Waals surface area contributed by atoms with E-state index >= 15 is 0 Å². The molecule has 0 bridgehead atoms. The summed E-state index contributed by atoms with van der Waals surface area (Å²) in [6.45, 7) is 0.131. The van der Waals surface area contributed by atoms with Gasteiger partial charge in [0.2, 0.25) is 10.0 Å². The molecule has 0 aliphatic rings. The summed E-state index contributed by atoms with van der Waals surface area (Å²) in [4.78, 5) is 10.0. The minimum absolute atomic E-state index is 0.0220. The lowest BCUT2D eigenvalue weighted by atomic mass is 10.1. The molecule has 0 amide bonds. The summed E-state index contributed by atoms with van der Waals surface area (Å²) in [7, 11) is -3.87. The van der Waals surface area contributed by atoms with Crippen molar-refractivity contribution in [1.29, 1.82) is 0 Å². The molecule has 1 N–H and O–H groups in total. The highest BCUT2D eigenvalue weighted by molar-refractivity contribution is 7.89. The number of nitro benzene ring substituents is 1. The molecule has 28 heavy (non-hydrogen) atoms. The number of ether oxygens (including phenoxy) is 1. The smallest absolute Gasteiger partial charge is 0.270 e. The normalized spacial score (nSPS) is 11.1. The van der Waals surface area contributed by atoms with Crippen LogP contribution in [0.3, 0.4) is 0 Å². The monoisotopic (exact) mass is 398 g/mol. The molecule has 0 atom stereocenters. The maximum absolute atomic E-state index is 12.3. The number of rotatable bonds is 8. The van der Waals surface area contributed by atoms with Crippen LogP contribution in [0.25, 0.3) is 11.1 Å². The Morgan fingerprint density at radius 1 is 0.929 bits per heavy atom. The number of nitrogens with one attached hydrogen (secondary N) is 1. The van der Waals surface area contributed by atoms with Crippen molar-refractivity contribution in [2.75, 3.05) is 13.2 Å². The quantitative estimate of drug-likeness (QED) is 0.355. The first-order chi connectivity index (χ1) is 13.5. The molecule has 3 rings (SSSR count). The molecule has 0 fully saturated rings. The molecule has 0 aromatic heterocycles. The topological polar surface area (TPSA) is 98.5 Å². The Morgan fingerprint density at radius 2 is 1.64 bits per heavy atom. The second-order valence-electron chi connectivity index (χ2n) is 5.86. The minimum atomic E-state index is -3.87. The van der Waals surface area contributed by atoms with Gasteiger partial charge in [-0.2, -0.15) is 0 Å². The van der Waals surface area contributed by atoms with E-state index in [2.05, 4.69) is 4.72 Å². The van der Waals surface area contributed by atoms with Crippen LogP contribution >= 0.6 is 0 Å². The molecule has 0 saturated carbocycles. The van der Waals surface area contributed by atoms with Crippen LogP contribution in [0.2, 0.25) is 0 Å². The Bertz CT molecular complexity index is 1070. The van der Waals surface area contributed by atoms with E-state index in [0.29, 0.717) is 5.75 Å². The Kier molecular flexibility index (Phi) is 6.03. The van der Waals surface area contributed by atoms with Crippen LogP contribution in [0.4, 0.5) is 5.69 Å². The Labute approximate surface area is 162 Å². The van der Waals surface area contributed by atoms with Gasteiger partial charge in [-0.15, -0.1) is 0 Å². The summed E-state index contributed by atoms with van der Waals surface area (Å²) < 4.78 is 32.8. The van der Waals surface area contributed by atoms with E-state index in [0.717, 1.165) is 17.2 Å². The minimum Gasteiger partial charge on any atom is -0.492 e. The van der Waals surface area contributed by atoms with Gasteiger partial charge in [0.25, 0.3) is 5.69 Å². The summed E-state index contributed by atoms with van der Waals surface area (Å²) in [6.07, 6.45) is 0. The van der Waals surface area contributed by atoms with Crippen molar-refractivity contribution >= 4 is 15.7 Å². The van der Waals surface area contributed by atoms with Gasteiger partial charge in [-0.05, 0) is 17.7 Å². The number of nitrogens with zero attached hydrogens (tertiary/aromatic N) is 1. The van der Waals surface area contributed by atoms with Crippen LogP contribution in [0.1, 0.15) is 0 Å². The second kappa shape index (κ2) is 8.64. The number of hydrogen-bond acceptors (Lipinski definition) is 5. The average molecular weight is 398 g/mol. The largest absolute Gasteiger partial charge is 0.492 e. The predicted molar refractivity (Wildman–Crippen MR) is 106 cm³/mol. The lowest BCUT2D eigenvalue weighted by Gasteiger charge is -2.12. The standard InChI is InChI=1S/C20H18N2O5S/c23-22(24)17-9-6-10-18(15-17)28(25,26)21-13-14-27-20-12-5-4-11-19(20)16-7-2-1-3-8-16/h1-12,15,21H,13-14H2. The van der Waals surface area contributed by atoms with Gasteiger partial charge in [-0.1, -0.05) is 54.6 Å². The number of para-hydroxylation sites is 1. The molecule has 144 valence electrons. The highest BCUT2D eigenvalue weighted by Crippen LogP contribution is 2.29. The van der Waals surface area contributed by atoms with Crippen LogP contribution in [0, 0.1) is 10.1 Å². The van der Waals surface area contributed by atoms with Gasteiger partial charge in [0.05, 0.1) is 9.82 Å². The van der Waals surface area contributed by atoms with Crippen LogP contribution in [0.15, 0.2) is 83.8 Å².